The molecule has 86 valence electrons. The zero-order valence-electron chi connectivity index (χ0n) is 10.5. The third kappa shape index (κ3) is 5.26. The summed E-state index contributed by atoms with van der Waals surface area (Å²) in [5.74, 6) is 3.34. The first-order valence-electron chi connectivity index (χ1n) is 5.79. The van der Waals surface area contributed by atoms with E-state index < -0.39 is 0 Å². The lowest BCUT2D eigenvalue weighted by Crippen LogP contribution is -2.34. The Morgan fingerprint density at radius 3 is 2.43 bits per heavy atom. The number of rotatable bonds is 8. The monoisotopic (exact) mass is 217 g/mol. The topological polar surface area (TPSA) is 12.0 Å². The predicted molar refractivity (Wildman–Crippen MR) is 69.1 cm³/mol. The van der Waals surface area contributed by atoms with Crippen molar-refractivity contribution in [2.45, 2.75) is 40.5 Å². The van der Waals surface area contributed by atoms with Gasteiger partial charge in [0.25, 0.3) is 0 Å². The molecule has 0 amide bonds. The summed E-state index contributed by atoms with van der Waals surface area (Å²) in [4.78, 5) is 0. The van der Waals surface area contributed by atoms with Crippen LogP contribution >= 0.6 is 11.8 Å². The van der Waals surface area contributed by atoms with Gasteiger partial charge in [0.15, 0.2) is 0 Å². The highest BCUT2D eigenvalue weighted by Crippen LogP contribution is 2.32. The predicted octanol–water partition coefficient (Wildman–Crippen LogP) is 3.40. The van der Waals surface area contributed by atoms with Gasteiger partial charge in [-0.3, -0.25) is 0 Å². The first-order valence-corrected chi connectivity index (χ1v) is 6.94. The summed E-state index contributed by atoms with van der Waals surface area (Å²) in [6.07, 6.45) is 2.70. The minimum absolute atomic E-state index is 0.475. The molecular formula is C12H27NS. The van der Waals surface area contributed by atoms with Crippen LogP contribution in [-0.4, -0.2) is 25.1 Å². The smallest absolute Gasteiger partial charge is 0.000461 e. The van der Waals surface area contributed by atoms with Gasteiger partial charge in [0, 0.05) is 6.54 Å². The van der Waals surface area contributed by atoms with E-state index in [2.05, 4.69) is 51.8 Å². The van der Waals surface area contributed by atoms with Gasteiger partial charge < -0.3 is 5.32 Å². The summed E-state index contributed by atoms with van der Waals surface area (Å²) in [7, 11) is 2.06. The Morgan fingerprint density at radius 2 is 2.00 bits per heavy atom. The van der Waals surface area contributed by atoms with Crippen molar-refractivity contribution in [2.24, 2.45) is 11.3 Å². The van der Waals surface area contributed by atoms with E-state index in [1.54, 1.807) is 0 Å². The van der Waals surface area contributed by atoms with Crippen LogP contribution in [0.4, 0.5) is 0 Å². The molecule has 0 aromatic carbocycles. The van der Waals surface area contributed by atoms with Crippen LogP contribution in [0.25, 0.3) is 0 Å². The molecule has 0 bridgehead atoms. The van der Waals surface area contributed by atoms with Gasteiger partial charge in [0.05, 0.1) is 0 Å². The van der Waals surface area contributed by atoms with Gasteiger partial charge in [-0.05, 0) is 42.7 Å². The van der Waals surface area contributed by atoms with Gasteiger partial charge in [-0.2, -0.15) is 11.8 Å². The molecule has 0 spiro atoms. The van der Waals surface area contributed by atoms with Gasteiger partial charge in [0.2, 0.25) is 0 Å². The maximum absolute atomic E-state index is 3.32. The van der Waals surface area contributed by atoms with Crippen molar-refractivity contribution in [3.8, 4) is 0 Å². The van der Waals surface area contributed by atoms with Crippen LogP contribution in [0.15, 0.2) is 0 Å². The average Bonchev–Trinajstić information content (AvgIpc) is 2.13. The number of thioether (sulfide) groups is 1. The molecule has 0 aliphatic heterocycles. The highest BCUT2D eigenvalue weighted by Gasteiger charge is 2.26. The van der Waals surface area contributed by atoms with Gasteiger partial charge in [-0.15, -0.1) is 0 Å². The first-order chi connectivity index (χ1) is 6.56. The van der Waals surface area contributed by atoms with Crippen molar-refractivity contribution < 1.29 is 0 Å². The van der Waals surface area contributed by atoms with Crippen LogP contribution in [0.5, 0.6) is 0 Å². The Hall–Kier alpha value is 0.310. The van der Waals surface area contributed by atoms with Crippen molar-refractivity contribution in [2.75, 3.05) is 25.1 Å². The van der Waals surface area contributed by atoms with Crippen molar-refractivity contribution in [1.82, 2.24) is 5.32 Å². The molecule has 0 rings (SSSR count). The second-order valence-electron chi connectivity index (χ2n) is 4.64. The van der Waals surface area contributed by atoms with E-state index in [9.17, 15) is 0 Å². The summed E-state index contributed by atoms with van der Waals surface area (Å²) in [5, 5.41) is 3.32. The molecule has 0 aromatic heterocycles. The molecule has 1 atom stereocenters. The molecule has 2 heteroatoms. The number of hydrogen-bond acceptors (Lipinski definition) is 2. The van der Waals surface area contributed by atoms with E-state index in [1.807, 2.05) is 0 Å². The Labute approximate surface area is 94.4 Å². The number of nitrogens with one attached hydrogen (secondary N) is 1. The van der Waals surface area contributed by atoms with E-state index in [-0.39, 0.29) is 0 Å². The SMILES string of the molecule is CCSCCCC(C)(CNC)C(C)C. The van der Waals surface area contributed by atoms with Crippen LogP contribution < -0.4 is 5.32 Å². The largest absolute Gasteiger partial charge is 0.319 e. The van der Waals surface area contributed by atoms with Gasteiger partial charge >= 0.3 is 0 Å². The van der Waals surface area contributed by atoms with E-state index >= 15 is 0 Å². The van der Waals surface area contributed by atoms with Crippen molar-refractivity contribution >= 4 is 11.8 Å². The summed E-state index contributed by atoms with van der Waals surface area (Å²) in [6.45, 7) is 10.5. The van der Waals surface area contributed by atoms with E-state index in [1.165, 1.54) is 24.3 Å². The quantitative estimate of drug-likeness (QED) is 0.625. The molecule has 0 fully saturated rings. The van der Waals surface area contributed by atoms with E-state index in [4.69, 9.17) is 0 Å². The fraction of sp³-hybridized carbons (Fsp3) is 1.00. The third-order valence-electron chi connectivity index (χ3n) is 3.22. The normalized spacial score (nSPS) is 15.9. The van der Waals surface area contributed by atoms with Crippen LogP contribution in [0.2, 0.25) is 0 Å². The Balaban J connectivity index is 3.84. The molecule has 0 saturated heterocycles. The lowest BCUT2D eigenvalue weighted by molar-refractivity contribution is 0.194. The fourth-order valence-corrected chi connectivity index (χ4v) is 2.34. The second kappa shape index (κ2) is 7.58. The molecular weight excluding hydrogens is 190 g/mol. The van der Waals surface area contributed by atoms with Gasteiger partial charge in [0.1, 0.15) is 0 Å². The number of hydrogen-bond donors (Lipinski definition) is 1. The van der Waals surface area contributed by atoms with Crippen LogP contribution in [0, 0.1) is 11.3 Å². The van der Waals surface area contributed by atoms with Gasteiger partial charge in [-0.25, -0.2) is 0 Å². The molecule has 1 unspecified atom stereocenters. The molecule has 0 aliphatic carbocycles. The highest BCUT2D eigenvalue weighted by molar-refractivity contribution is 7.99. The molecule has 0 saturated carbocycles. The molecule has 14 heavy (non-hydrogen) atoms. The Morgan fingerprint density at radius 1 is 1.36 bits per heavy atom. The summed E-state index contributed by atoms with van der Waals surface area (Å²) in [5.41, 5.74) is 0.475. The Bertz CT molecular complexity index is 136. The lowest BCUT2D eigenvalue weighted by atomic mass is 9.75. The van der Waals surface area contributed by atoms with Crippen molar-refractivity contribution in [3.05, 3.63) is 0 Å². The fourth-order valence-electron chi connectivity index (χ4n) is 1.71. The summed E-state index contributed by atoms with van der Waals surface area (Å²) >= 11 is 2.06. The molecule has 0 aromatic rings. The zero-order valence-corrected chi connectivity index (χ0v) is 11.3. The minimum atomic E-state index is 0.475. The maximum atomic E-state index is 3.32. The first kappa shape index (κ1) is 14.3. The highest BCUT2D eigenvalue weighted by atomic mass is 32.2. The summed E-state index contributed by atoms with van der Waals surface area (Å²) in [6, 6.07) is 0. The molecule has 1 N–H and O–H groups in total. The molecule has 0 heterocycles. The molecule has 0 radical (unpaired) electrons. The van der Waals surface area contributed by atoms with Gasteiger partial charge in [-0.1, -0.05) is 27.7 Å². The molecule has 0 aliphatic rings. The average molecular weight is 217 g/mol. The Kier molecular flexibility index (Phi) is 7.75. The lowest BCUT2D eigenvalue weighted by Gasteiger charge is -2.33. The van der Waals surface area contributed by atoms with Crippen LogP contribution in [-0.2, 0) is 0 Å². The maximum Gasteiger partial charge on any atom is 0.000461 e. The van der Waals surface area contributed by atoms with E-state index in [0.717, 1.165) is 12.5 Å². The van der Waals surface area contributed by atoms with Crippen molar-refractivity contribution in [3.63, 3.8) is 0 Å². The second-order valence-corrected chi connectivity index (χ2v) is 6.03. The standard InChI is InChI=1S/C12H27NS/c1-6-14-9-7-8-12(4,10-13-5)11(2)3/h11,13H,6-10H2,1-5H3. The molecule has 1 nitrogen and oxygen atoms in total. The van der Waals surface area contributed by atoms with Crippen LogP contribution in [0.1, 0.15) is 40.5 Å². The zero-order chi connectivity index (χ0) is 11.0. The third-order valence-corrected chi connectivity index (χ3v) is 4.20. The summed E-state index contributed by atoms with van der Waals surface area (Å²) < 4.78 is 0. The van der Waals surface area contributed by atoms with Crippen molar-refractivity contribution in [1.29, 1.82) is 0 Å². The van der Waals surface area contributed by atoms with Crippen LogP contribution in [0.3, 0.4) is 0 Å². The minimum Gasteiger partial charge on any atom is -0.319 e. The van der Waals surface area contributed by atoms with E-state index in [0.29, 0.717) is 5.41 Å².